The number of ether oxygens (including phenoxy) is 2. The summed E-state index contributed by atoms with van der Waals surface area (Å²) in [5.74, 6) is 0.354. The maximum absolute atomic E-state index is 12.6. The molecular formula is C22H20N4O5. The third-order valence-electron chi connectivity index (χ3n) is 4.68. The third-order valence-corrected chi connectivity index (χ3v) is 4.68. The second-order valence-electron chi connectivity index (χ2n) is 6.81. The fourth-order valence-corrected chi connectivity index (χ4v) is 3.00. The smallest absolute Gasteiger partial charge is 0.355 e. The van der Waals surface area contributed by atoms with Gasteiger partial charge in [-0.25, -0.2) is 9.80 Å². The maximum Gasteiger partial charge on any atom is 0.355 e. The van der Waals surface area contributed by atoms with Gasteiger partial charge in [0.2, 0.25) is 11.8 Å². The van der Waals surface area contributed by atoms with Crippen LogP contribution in [0, 0.1) is 0 Å². The highest BCUT2D eigenvalue weighted by molar-refractivity contribution is 6.38. The first-order valence-electron chi connectivity index (χ1n) is 9.69. The van der Waals surface area contributed by atoms with E-state index in [4.69, 9.17) is 13.9 Å². The number of rotatable bonds is 6. The molecule has 0 aliphatic carbocycles. The fourth-order valence-electron chi connectivity index (χ4n) is 3.00. The number of para-hydroxylation sites is 1. The Labute approximate surface area is 178 Å². The van der Waals surface area contributed by atoms with Gasteiger partial charge in [-0.2, -0.15) is 5.10 Å². The molecule has 0 unspecified atom stereocenters. The molecule has 0 spiro atoms. The summed E-state index contributed by atoms with van der Waals surface area (Å²) in [6.45, 7) is 1.63. The van der Waals surface area contributed by atoms with E-state index in [9.17, 15) is 9.59 Å². The molecule has 2 heterocycles. The molecule has 0 fully saturated rings. The van der Waals surface area contributed by atoms with Crippen LogP contribution in [0.4, 0.5) is 5.69 Å². The summed E-state index contributed by atoms with van der Waals surface area (Å²) in [5, 5.41) is 13.4. The van der Waals surface area contributed by atoms with Gasteiger partial charge in [0, 0.05) is 18.4 Å². The molecule has 0 radical (unpaired) electrons. The Kier molecular flexibility index (Phi) is 5.74. The standard InChI is InChI=1S/C22H20N4O5/c1-14(20-23-24-21(31-20)15-8-10-17(29-2)11-9-15)30-22(28)18-12-13-19(27)26(25-18)16-6-4-3-5-7-16/h3-11,14H,12-13H2,1-2H3/t14-/m0/s1. The number of aromatic nitrogens is 2. The highest BCUT2D eigenvalue weighted by atomic mass is 16.6. The van der Waals surface area contributed by atoms with Crippen LogP contribution in [0.2, 0.25) is 0 Å². The van der Waals surface area contributed by atoms with Crippen LogP contribution in [0.3, 0.4) is 0 Å². The number of hydrogen-bond donors (Lipinski definition) is 0. The van der Waals surface area contributed by atoms with Crippen molar-refractivity contribution in [2.24, 2.45) is 5.10 Å². The van der Waals surface area contributed by atoms with Crippen LogP contribution in [0.25, 0.3) is 11.5 Å². The molecule has 0 saturated heterocycles. The van der Waals surface area contributed by atoms with Gasteiger partial charge in [0.05, 0.1) is 12.8 Å². The monoisotopic (exact) mass is 420 g/mol. The number of methoxy groups -OCH3 is 1. The van der Waals surface area contributed by atoms with Crippen LogP contribution in [-0.2, 0) is 14.3 Å². The molecule has 1 atom stereocenters. The zero-order valence-corrected chi connectivity index (χ0v) is 17.0. The number of carbonyl (C=O) groups excluding carboxylic acids is 2. The van der Waals surface area contributed by atoms with Gasteiger partial charge in [-0.15, -0.1) is 10.2 Å². The van der Waals surface area contributed by atoms with Gasteiger partial charge in [-0.05, 0) is 43.3 Å². The van der Waals surface area contributed by atoms with Crippen LogP contribution in [0.1, 0.15) is 31.8 Å². The Morgan fingerprint density at radius 2 is 1.81 bits per heavy atom. The number of benzene rings is 2. The molecule has 9 nitrogen and oxygen atoms in total. The highest BCUT2D eigenvalue weighted by Crippen LogP contribution is 2.25. The second-order valence-corrected chi connectivity index (χ2v) is 6.81. The van der Waals surface area contributed by atoms with Crippen molar-refractivity contribution in [2.45, 2.75) is 25.9 Å². The molecule has 1 amide bonds. The Balaban J connectivity index is 1.46. The van der Waals surface area contributed by atoms with E-state index < -0.39 is 12.1 Å². The molecule has 31 heavy (non-hydrogen) atoms. The summed E-state index contributed by atoms with van der Waals surface area (Å²) < 4.78 is 16.2. The molecule has 0 N–H and O–H groups in total. The van der Waals surface area contributed by atoms with Crippen LogP contribution in [-0.4, -0.2) is 34.9 Å². The van der Waals surface area contributed by atoms with E-state index in [1.807, 2.05) is 6.07 Å². The predicted octanol–water partition coefficient (Wildman–Crippen LogP) is 3.53. The van der Waals surface area contributed by atoms with E-state index in [0.717, 1.165) is 0 Å². The molecular weight excluding hydrogens is 400 g/mol. The average molecular weight is 420 g/mol. The normalized spacial score (nSPS) is 14.7. The van der Waals surface area contributed by atoms with Crippen molar-refractivity contribution in [3.05, 3.63) is 60.5 Å². The van der Waals surface area contributed by atoms with Gasteiger partial charge in [0.1, 0.15) is 11.5 Å². The molecule has 4 rings (SSSR count). The Bertz CT molecular complexity index is 1110. The molecule has 1 aromatic heterocycles. The summed E-state index contributed by atoms with van der Waals surface area (Å²) in [6, 6.07) is 16.1. The Morgan fingerprint density at radius 3 is 2.52 bits per heavy atom. The quantitative estimate of drug-likeness (QED) is 0.561. The SMILES string of the molecule is COc1ccc(-c2nnc([C@H](C)OC(=O)C3=NN(c4ccccc4)C(=O)CC3)o2)cc1. The molecule has 0 bridgehead atoms. The fraction of sp³-hybridized carbons (Fsp3) is 0.227. The lowest BCUT2D eigenvalue weighted by atomic mass is 10.1. The Hall–Kier alpha value is -4.01. The van der Waals surface area contributed by atoms with E-state index in [1.54, 1.807) is 62.6 Å². The molecule has 158 valence electrons. The van der Waals surface area contributed by atoms with Gasteiger partial charge >= 0.3 is 5.97 Å². The minimum absolute atomic E-state index is 0.158. The van der Waals surface area contributed by atoms with Crippen LogP contribution in [0.5, 0.6) is 5.75 Å². The van der Waals surface area contributed by atoms with Crippen molar-refractivity contribution in [3.63, 3.8) is 0 Å². The number of anilines is 1. The minimum atomic E-state index is -0.780. The molecule has 9 heteroatoms. The van der Waals surface area contributed by atoms with Gasteiger partial charge in [0.15, 0.2) is 6.10 Å². The van der Waals surface area contributed by atoms with Crippen molar-refractivity contribution in [1.29, 1.82) is 0 Å². The van der Waals surface area contributed by atoms with E-state index in [-0.39, 0.29) is 30.4 Å². The largest absolute Gasteiger partial charge is 0.497 e. The number of carbonyl (C=O) groups is 2. The van der Waals surface area contributed by atoms with E-state index in [0.29, 0.717) is 22.9 Å². The lowest BCUT2D eigenvalue weighted by Gasteiger charge is -2.23. The zero-order chi connectivity index (χ0) is 21.8. The van der Waals surface area contributed by atoms with Gasteiger partial charge in [0.25, 0.3) is 5.89 Å². The van der Waals surface area contributed by atoms with Crippen LogP contribution in [0.15, 0.2) is 64.1 Å². The number of hydrazone groups is 1. The van der Waals surface area contributed by atoms with Crippen LogP contribution < -0.4 is 9.75 Å². The first-order chi connectivity index (χ1) is 15.0. The summed E-state index contributed by atoms with van der Waals surface area (Å²) in [5.41, 5.74) is 1.46. The lowest BCUT2D eigenvalue weighted by molar-refractivity contribution is -0.141. The first-order valence-corrected chi connectivity index (χ1v) is 9.69. The molecule has 2 aromatic carbocycles. The highest BCUT2D eigenvalue weighted by Gasteiger charge is 2.28. The second kappa shape index (κ2) is 8.78. The van der Waals surface area contributed by atoms with Gasteiger partial charge in [-0.3, -0.25) is 4.79 Å². The molecule has 1 aliphatic heterocycles. The topological polar surface area (TPSA) is 107 Å². The summed E-state index contributed by atoms with van der Waals surface area (Å²) in [4.78, 5) is 24.8. The van der Waals surface area contributed by atoms with Crippen molar-refractivity contribution in [3.8, 4) is 17.2 Å². The number of esters is 1. The third kappa shape index (κ3) is 4.45. The summed E-state index contributed by atoms with van der Waals surface area (Å²) in [6.07, 6.45) is -0.411. The first kappa shape index (κ1) is 20.3. The zero-order valence-electron chi connectivity index (χ0n) is 17.0. The van der Waals surface area contributed by atoms with Crippen molar-refractivity contribution in [2.75, 3.05) is 12.1 Å². The van der Waals surface area contributed by atoms with E-state index >= 15 is 0 Å². The van der Waals surface area contributed by atoms with Crippen molar-refractivity contribution < 1.29 is 23.5 Å². The lowest BCUT2D eigenvalue weighted by Crippen LogP contribution is -2.35. The number of hydrogen-bond acceptors (Lipinski definition) is 8. The van der Waals surface area contributed by atoms with E-state index in [2.05, 4.69) is 15.3 Å². The molecule has 0 saturated carbocycles. The summed E-state index contributed by atoms with van der Waals surface area (Å²) >= 11 is 0. The number of nitrogens with zero attached hydrogens (tertiary/aromatic N) is 4. The Morgan fingerprint density at radius 1 is 1.06 bits per heavy atom. The predicted molar refractivity (Wildman–Crippen MR) is 111 cm³/mol. The minimum Gasteiger partial charge on any atom is -0.497 e. The van der Waals surface area contributed by atoms with Crippen molar-refractivity contribution >= 4 is 23.3 Å². The molecule has 3 aromatic rings. The van der Waals surface area contributed by atoms with Crippen molar-refractivity contribution in [1.82, 2.24) is 10.2 Å². The maximum atomic E-state index is 12.6. The van der Waals surface area contributed by atoms with Crippen LogP contribution >= 0.6 is 0 Å². The van der Waals surface area contributed by atoms with E-state index in [1.165, 1.54) is 5.01 Å². The summed E-state index contributed by atoms with van der Waals surface area (Å²) in [7, 11) is 1.58. The number of amides is 1. The van der Waals surface area contributed by atoms with Gasteiger partial charge in [-0.1, -0.05) is 18.2 Å². The average Bonchev–Trinajstić information content (AvgIpc) is 3.30. The molecule has 1 aliphatic rings. The van der Waals surface area contributed by atoms with Gasteiger partial charge < -0.3 is 13.9 Å².